The van der Waals surface area contributed by atoms with Gasteiger partial charge in [-0.1, -0.05) is 127 Å². The molecule has 0 aromatic heterocycles. The first kappa shape index (κ1) is 48.2. The lowest BCUT2D eigenvalue weighted by molar-refractivity contribution is -0.154. The molecule has 4 N–H and O–H groups in total. The number of carboxylic acid groups (broad SMARTS) is 1. The second-order valence-corrected chi connectivity index (χ2v) is 14.5. The standard InChI is InChI=1S/C39H72NO9P/c1-3-5-7-9-11-13-15-17-18-20-22-24-26-28-30-32-46-33-36(34-47-50(44,45)48-35-37(40)39(42)43)49-38(41)31-29-27-25-23-21-19-16-14-12-10-8-6-4-2/h8,10,14-17,36-37H,3-7,9,11-13,18-35,40H2,1-2H3,(H,42,43)(H,44,45)/b10-8-,16-14-,17-15-. The van der Waals surface area contributed by atoms with Gasteiger partial charge < -0.3 is 25.2 Å². The number of aliphatic carboxylic acids is 1. The molecule has 0 aliphatic heterocycles. The minimum Gasteiger partial charge on any atom is -0.480 e. The van der Waals surface area contributed by atoms with Crippen LogP contribution in [0.15, 0.2) is 36.5 Å². The molecule has 3 unspecified atom stereocenters. The molecule has 50 heavy (non-hydrogen) atoms. The summed E-state index contributed by atoms with van der Waals surface area (Å²) >= 11 is 0. The number of esters is 1. The predicted octanol–water partition coefficient (Wildman–Crippen LogP) is 10.1. The van der Waals surface area contributed by atoms with Gasteiger partial charge in [-0.05, 0) is 64.2 Å². The lowest BCUT2D eigenvalue weighted by Gasteiger charge is -2.20. The number of allylic oxidation sites excluding steroid dienone is 6. The number of ether oxygens (including phenoxy) is 2. The van der Waals surface area contributed by atoms with Crippen LogP contribution < -0.4 is 5.73 Å². The van der Waals surface area contributed by atoms with E-state index >= 15 is 0 Å². The fourth-order valence-corrected chi connectivity index (χ4v) is 5.82. The number of hydrogen-bond donors (Lipinski definition) is 3. The molecule has 292 valence electrons. The Labute approximate surface area is 304 Å². The SMILES string of the molecule is CCC/C=C\C/C=C\CCCCCCCC(=O)OC(COCCCCCCCC/C=C\CCCCCCC)COP(=O)(O)OCC(N)C(=O)O. The molecule has 0 fully saturated rings. The number of phosphoric acid groups is 1. The number of rotatable bonds is 37. The van der Waals surface area contributed by atoms with Gasteiger partial charge in [0.15, 0.2) is 0 Å². The van der Waals surface area contributed by atoms with Crippen molar-refractivity contribution in [3.63, 3.8) is 0 Å². The summed E-state index contributed by atoms with van der Waals surface area (Å²) in [5.74, 6) is -1.80. The Balaban J connectivity index is 4.32. The van der Waals surface area contributed by atoms with Gasteiger partial charge in [-0.15, -0.1) is 0 Å². The van der Waals surface area contributed by atoms with Crippen LogP contribution in [0.25, 0.3) is 0 Å². The molecule has 0 bridgehead atoms. The fraction of sp³-hybridized carbons (Fsp3) is 0.795. The number of carboxylic acids is 1. The summed E-state index contributed by atoms with van der Waals surface area (Å²) < 4.78 is 33.2. The Morgan fingerprint density at radius 2 is 1.14 bits per heavy atom. The van der Waals surface area contributed by atoms with E-state index in [1.165, 1.54) is 64.2 Å². The number of carbonyl (C=O) groups excluding carboxylic acids is 1. The zero-order chi connectivity index (χ0) is 37.0. The fourth-order valence-electron chi connectivity index (χ4n) is 5.05. The summed E-state index contributed by atoms with van der Waals surface area (Å²) in [6, 6.07) is -1.48. The van der Waals surface area contributed by atoms with E-state index in [0.29, 0.717) is 13.0 Å². The van der Waals surface area contributed by atoms with Crippen LogP contribution in [0.1, 0.15) is 162 Å². The van der Waals surface area contributed by atoms with Crippen LogP contribution in [-0.2, 0) is 32.7 Å². The van der Waals surface area contributed by atoms with Crippen molar-refractivity contribution < 1.29 is 42.7 Å². The summed E-state index contributed by atoms with van der Waals surface area (Å²) in [5.41, 5.74) is 5.34. The van der Waals surface area contributed by atoms with Crippen LogP contribution >= 0.6 is 7.82 Å². The summed E-state index contributed by atoms with van der Waals surface area (Å²) in [6.07, 6.45) is 37.6. The van der Waals surface area contributed by atoms with Gasteiger partial charge in [-0.2, -0.15) is 0 Å². The first-order chi connectivity index (χ1) is 24.2. The molecular formula is C39H72NO9P. The maximum atomic E-state index is 12.6. The molecule has 0 aliphatic carbocycles. The van der Waals surface area contributed by atoms with E-state index in [1.54, 1.807) is 0 Å². The van der Waals surface area contributed by atoms with Crippen LogP contribution in [-0.4, -0.2) is 60.5 Å². The number of phosphoric ester groups is 1. The Bertz CT molecular complexity index is 941. The largest absolute Gasteiger partial charge is 0.480 e. The number of nitrogens with two attached hydrogens (primary N) is 1. The minimum absolute atomic E-state index is 0.00717. The Morgan fingerprint density at radius 1 is 0.640 bits per heavy atom. The van der Waals surface area contributed by atoms with Crippen molar-refractivity contribution in [1.82, 2.24) is 0 Å². The lowest BCUT2D eigenvalue weighted by atomic mass is 10.1. The van der Waals surface area contributed by atoms with Crippen molar-refractivity contribution in [1.29, 1.82) is 0 Å². The Morgan fingerprint density at radius 3 is 1.72 bits per heavy atom. The quantitative estimate of drug-likeness (QED) is 0.0243. The van der Waals surface area contributed by atoms with E-state index in [2.05, 4.69) is 50.3 Å². The van der Waals surface area contributed by atoms with Crippen LogP contribution in [0, 0.1) is 0 Å². The molecular weight excluding hydrogens is 657 g/mol. The van der Waals surface area contributed by atoms with Crippen molar-refractivity contribution in [3.8, 4) is 0 Å². The van der Waals surface area contributed by atoms with Gasteiger partial charge in [0.25, 0.3) is 0 Å². The van der Waals surface area contributed by atoms with E-state index in [9.17, 15) is 19.0 Å². The monoisotopic (exact) mass is 729 g/mol. The van der Waals surface area contributed by atoms with Crippen molar-refractivity contribution in [2.75, 3.05) is 26.4 Å². The highest BCUT2D eigenvalue weighted by molar-refractivity contribution is 7.47. The second-order valence-electron chi connectivity index (χ2n) is 13.0. The van der Waals surface area contributed by atoms with Crippen LogP contribution in [0.5, 0.6) is 0 Å². The van der Waals surface area contributed by atoms with Crippen molar-refractivity contribution in [2.45, 2.75) is 174 Å². The molecule has 0 saturated carbocycles. The van der Waals surface area contributed by atoms with Gasteiger partial charge in [0.2, 0.25) is 0 Å². The predicted molar refractivity (Wildman–Crippen MR) is 203 cm³/mol. The molecule has 0 heterocycles. The molecule has 0 saturated heterocycles. The second kappa shape index (κ2) is 35.6. The summed E-state index contributed by atoms with van der Waals surface area (Å²) in [4.78, 5) is 33.4. The molecule has 10 nitrogen and oxygen atoms in total. The van der Waals surface area contributed by atoms with Gasteiger partial charge >= 0.3 is 19.8 Å². The molecule has 0 radical (unpaired) electrons. The third kappa shape index (κ3) is 34.6. The molecule has 0 aliphatic rings. The molecule has 0 aromatic carbocycles. The molecule has 0 amide bonds. The molecule has 11 heteroatoms. The third-order valence-corrected chi connectivity index (χ3v) is 9.07. The normalized spacial score (nSPS) is 14.5. The highest BCUT2D eigenvalue weighted by Crippen LogP contribution is 2.43. The Kier molecular flexibility index (Phi) is 34.3. The van der Waals surface area contributed by atoms with Crippen molar-refractivity contribution in [3.05, 3.63) is 36.5 Å². The maximum Gasteiger partial charge on any atom is 0.472 e. The van der Waals surface area contributed by atoms with Gasteiger partial charge in [0, 0.05) is 13.0 Å². The summed E-state index contributed by atoms with van der Waals surface area (Å²) in [5, 5.41) is 8.87. The van der Waals surface area contributed by atoms with Gasteiger partial charge in [-0.3, -0.25) is 18.6 Å². The van der Waals surface area contributed by atoms with E-state index in [0.717, 1.165) is 70.6 Å². The number of carbonyl (C=O) groups is 2. The third-order valence-electron chi connectivity index (χ3n) is 8.12. The number of hydrogen-bond acceptors (Lipinski definition) is 8. The molecule has 0 spiro atoms. The highest BCUT2D eigenvalue weighted by atomic mass is 31.2. The van der Waals surface area contributed by atoms with Crippen LogP contribution in [0.4, 0.5) is 0 Å². The van der Waals surface area contributed by atoms with E-state index < -0.39 is 45.1 Å². The van der Waals surface area contributed by atoms with Gasteiger partial charge in [0.1, 0.15) is 12.1 Å². The first-order valence-electron chi connectivity index (χ1n) is 19.5. The van der Waals surface area contributed by atoms with E-state index in [4.69, 9.17) is 29.4 Å². The average molecular weight is 730 g/mol. The van der Waals surface area contributed by atoms with Crippen LogP contribution in [0.2, 0.25) is 0 Å². The van der Waals surface area contributed by atoms with Crippen molar-refractivity contribution >= 4 is 19.8 Å². The maximum absolute atomic E-state index is 12.6. The Hall–Kier alpha value is -1.81. The lowest BCUT2D eigenvalue weighted by Crippen LogP contribution is -2.34. The van der Waals surface area contributed by atoms with Gasteiger partial charge in [-0.25, -0.2) is 4.57 Å². The zero-order valence-electron chi connectivity index (χ0n) is 31.5. The molecule has 0 rings (SSSR count). The summed E-state index contributed by atoms with van der Waals surface area (Å²) in [7, 11) is -4.61. The van der Waals surface area contributed by atoms with E-state index in [1.807, 2.05) is 0 Å². The number of unbranched alkanes of at least 4 members (excludes halogenated alkanes) is 17. The highest BCUT2D eigenvalue weighted by Gasteiger charge is 2.27. The molecule has 3 atom stereocenters. The van der Waals surface area contributed by atoms with Crippen molar-refractivity contribution in [2.24, 2.45) is 5.73 Å². The molecule has 0 aromatic rings. The zero-order valence-corrected chi connectivity index (χ0v) is 32.4. The van der Waals surface area contributed by atoms with Crippen LogP contribution in [0.3, 0.4) is 0 Å². The van der Waals surface area contributed by atoms with Gasteiger partial charge in [0.05, 0.1) is 19.8 Å². The average Bonchev–Trinajstić information content (AvgIpc) is 3.09. The first-order valence-corrected chi connectivity index (χ1v) is 21.0. The smallest absolute Gasteiger partial charge is 0.472 e. The topological polar surface area (TPSA) is 155 Å². The minimum atomic E-state index is -4.61. The summed E-state index contributed by atoms with van der Waals surface area (Å²) in [6.45, 7) is 3.76. The van der Waals surface area contributed by atoms with E-state index in [-0.39, 0.29) is 13.0 Å².